The van der Waals surface area contributed by atoms with Gasteiger partial charge in [0.05, 0.1) is 5.60 Å². The molecule has 1 aliphatic carbocycles. The van der Waals surface area contributed by atoms with Gasteiger partial charge in [-0.1, -0.05) is 25.7 Å². The first-order valence-corrected chi connectivity index (χ1v) is 7.90. The van der Waals surface area contributed by atoms with Gasteiger partial charge in [-0.25, -0.2) is 8.78 Å². The maximum atomic E-state index is 13.3. The minimum absolute atomic E-state index is 0.239. The predicted molar refractivity (Wildman–Crippen MR) is 80.1 cm³/mol. The molecule has 2 N–H and O–H groups in total. The van der Waals surface area contributed by atoms with Gasteiger partial charge >= 0.3 is 0 Å². The monoisotopic (exact) mass is 297 g/mol. The average Bonchev–Trinajstić information content (AvgIpc) is 2.64. The van der Waals surface area contributed by atoms with Gasteiger partial charge in [0.25, 0.3) is 0 Å². The van der Waals surface area contributed by atoms with Crippen LogP contribution in [-0.2, 0) is 11.2 Å². The molecule has 4 heteroatoms. The Morgan fingerprint density at radius 1 is 1.10 bits per heavy atom. The predicted octanol–water partition coefficient (Wildman–Crippen LogP) is 3.96. The Bertz CT molecular complexity index is 436. The van der Waals surface area contributed by atoms with Crippen molar-refractivity contribution in [3.8, 4) is 0 Å². The van der Waals surface area contributed by atoms with Crippen molar-refractivity contribution in [2.45, 2.75) is 63.5 Å². The lowest BCUT2D eigenvalue weighted by Gasteiger charge is -2.38. The zero-order valence-corrected chi connectivity index (χ0v) is 12.7. The summed E-state index contributed by atoms with van der Waals surface area (Å²) in [7, 11) is 0. The molecule has 0 heterocycles. The fourth-order valence-electron chi connectivity index (χ4n) is 3.41. The highest BCUT2D eigenvalue weighted by Gasteiger charge is 2.37. The molecule has 0 bridgehead atoms. The molecule has 1 fully saturated rings. The third-order valence-electron chi connectivity index (χ3n) is 4.44. The minimum Gasteiger partial charge on any atom is -0.374 e. The van der Waals surface area contributed by atoms with Gasteiger partial charge in [-0.05, 0) is 43.9 Å². The maximum absolute atomic E-state index is 13.3. The summed E-state index contributed by atoms with van der Waals surface area (Å²) >= 11 is 0. The van der Waals surface area contributed by atoms with Crippen molar-refractivity contribution in [3.63, 3.8) is 0 Å². The van der Waals surface area contributed by atoms with Crippen LogP contribution < -0.4 is 5.73 Å². The summed E-state index contributed by atoms with van der Waals surface area (Å²) in [5, 5.41) is 0. The van der Waals surface area contributed by atoms with Crippen molar-refractivity contribution in [3.05, 3.63) is 35.4 Å². The van der Waals surface area contributed by atoms with Gasteiger partial charge in [0.2, 0.25) is 0 Å². The molecule has 2 nitrogen and oxygen atoms in total. The highest BCUT2D eigenvalue weighted by molar-refractivity contribution is 5.20. The lowest BCUT2D eigenvalue weighted by molar-refractivity contribution is -0.0683. The molecular formula is C17H25F2NO. The first-order valence-electron chi connectivity index (χ1n) is 7.90. The van der Waals surface area contributed by atoms with Crippen molar-refractivity contribution in [1.82, 2.24) is 0 Å². The van der Waals surface area contributed by atoms with Gasteiger partial charge < -0.3 is 10.5 Å². The standard InChI is InChI=1S/C17H25F2NO/c1-2-21-17(7-5-3-4-6-8-17)16(20)11-13-9-14(18)12-15(19)10-13/h9-10,12,16H,2-8,11,20H2,1H3. The molecule has 0 amide bonds. The number of hydrogen-bond acceptors (Lipinski definition) is 2. The van der Waals surface area contributed by atoms with Crippen LogP contribution in [0.25, 0.3) is 0 Å². The number of nitrogens with two attached hydrogens (primary N) is 1. The van der Waals surface area contributed by atoms with Crippen molar-refractivity contribution < 1.29 is 13.5 Å². The second kappa shape index (κ2) is 7.32. The van der Waals surface area contributed by atoms with Crippen LogP contribution in [0.15, 0.2) is 18.2 Å². The highest BCUT2D eigenvalue weighted by atomic mass is 19.1. The molecule has 1 saturated carbocycles. The van der Waals surface area contributed by atoms with Crippen LogP contribution in [0.2, 0.25) is 0 Å². The Morgan fingerprint density at radius 2 is 1.67 bits per heavy atom. The van der Waals surface area contributed by atoms with Crippen molar-refractivity contribution >= 4 is 0 Å². The van der Waals surface area contributed by atoms with Crippen LogP contribution in [0.4, 0.5) is 8.78 Å². The van der Waals surface area contributed by atoms with E-state index in [0.717, 1.165) is 31.7 Å². The third kappa shape index (κ3) is 4.24. The van der Waals surface area contributed by atoms with Crippen LogP contribution >= 0.6 is 0 Å². The van der Waals surface area contributed by atoms with Crippen molar-refractivity contribution in [2.75, 3.05) is 6.61 Å². The van der Waals surface area contributed by atoms with E-state index in [9.17, 15) is 8.78 Å². The normalized spacial score (nSPS) is 20.0. The first-order chi connectivity index (χ1) is 10.1. The molecule has 1 aliphatic rings. The fourth-order valence-corrected chi connectivity index (χ4v) is 3.41. The molecule has 1 aromatic carbocycles. The van der Waals surface area contributed by atoms with E-state index in [1.807, 2.05) is 6.92 Å². The molecule has 0 saturated heterocycles. The zero-order valence-electron chi connectivity index (χ0n) is 12.7. The van der Waals surface area contributed by atoms with Crippen LogP contribution in [0.3, 0.4) is 0 Å². The number of ether oxygens (including phenoxy) is 1. The number of hydrogen-bond donors (Lipinski definition) is 1. The molecule has 0 radical (unpaired) electrons. The smallest absolute Gasteiger partial charge is 0.126 e. The van der Waals surface area contributed by atoms with Gasteiger partial charge in [0.1, 0.15) is 11.6 Å². The van der Waals surface area contributed by atoms with Gasteiger partial charge in [-0.3, -0.25) is 0 Å². The highest BCUT2D eigenvalue weighted by Crippen LogP contribution is 2.34. The third-order valence-corrected chi connectivity index (χ3v) is 4.44. The van der Waals surface area contributed by atoms with E-state index in [0.29, 0.717) is 18.6 Å². The number of rotatable bonds is 5. The molecule has 1 unspecified atom stereocenters. The molecular weight excluding hydrogens is 272 g/mol. The second-order valence-corrected chi connectivity index (χ2v) is 6.00. The Morgan fingerprint density at radius 3 is 2.19 bits per heavy atom. The summed E-state index contributed by atoms with van der Waals surface area (Å²) in [6.07, 6.45) is 6.91. The average molecular weight is 297 g/mol. The topological polar surface area (TPSA) is 35.2 Å². The van der Waals surface area contributed by atoms with E-state index in [1.165, 1.54) is 25.0 Å². The van der Waals surface area contributed by atoms with E-state index < -0.39 is 11.6 Å². The summed E-state index contributed by atoms with van der Waals surface area (Å²) in [5.41, 5.74) is 6.65. The molecule has 2 rings (SSSR count). The summed E-state index contributed by atoms with van der Waals surface area (Å²) in [5.74, 6) is -1.10. The Balaban J connectivity index is 2.15. The van der Waals surface area contributed by atoms with Crippen LogP contribution in [0.5, 0.6) is 0 Å². The van der Waals surface area contributed by atoms with Gasteiger partial charge in [0.15, 0.2) is 0 Å². The Kier molecular flexibility index (Phi) is 5.71. The summed E-state index contributed by atoms with van der Waals surface area (Å²) < 4.78 is 32.7. The molecule has 0 aromatic heterocycles. The van der Waals surface area contributed by atoms with E-state index in [-0.39, 0.29) is 11.6 Å². The van der Waals surface area contributed by atoms with Crippen LogP contribution in [-0.4, -0.2) is 18.2 Å². The fraction of sp³-hybridized carbons (Fsp3) is 0.647. The van der Waals surface area contributed by atoms with Gasteiger partial charge in [-0.2, -0.15) is 0 Å². The lowest BCUT2D eigenvalue weighted by Crippen LogP contribution is -2.51. The molecule has 0 aliphatic heterocycles. The number of halogens is 2. The maximum Gasteiger partial charge on any atom is 0.126 e. The van der Waals surface area contributed by atoms with Crippen molar-refractivity contribution in [1.29, 1.82) is 0 Å². The lowest BCUT2D eigenvalue weighted by atomic mass is 9.83. The summed E-state index contributed by atoms with van der Waals surface area (Å²) in [6, 6.07) is 3.37. The van der Waals surface area contributed by atoms with Gasteiger partial charge in [0, 0.05) is 18.7 Å². The van der Waals surface area contributed by atoms with E-state index in [1.54, 1.807) is 0 Å². The van der Waals surface area contributed by atoms with Gasteiger partial charge in [-0.15, -0.1) is 0 Å². The second-order valence-electron chi connectivity index (χ2n) is 6.00. The first kappa shape index (κ1) is 16.4. The number of benzene rings is 1. The molecule has 1 atom stereocenters. The van der Waals surface area contributed by atoms with Crippen LogP contribution in [0, 0.1) is 11.6 Å². The molecule has 0 spiro atoms. The zero-order chi connectivity index (χ0) is 15.3. The van der Waals surface area contributed by atoms with Crippen LogP contribution in [0.1, 0.15) is 51.0 Å². The molecule has 118 valence electrons. The quantitative estimate of drug-likeness (QED) is 0.835. The molecule has 21 heavy (non-hydrogen) atoms. The SMILES string of the molecule is CCOC1(C(N)Cc2cc(F)cc(F)c2)CCCCCC1. The largest absolute Gasteiger partial charge is 0.374 e. The Hall–Kier alpha value is -1.00. The molecule has 1 aromatic rings. The van der Waals surface area contributed by atoms with E-state index >= 15 is 0 Å². The minimum atomic E-state index is -0.552. The Labute approximate surface area is 125 Å². The summed E-state index contributed by atoms with van der Waals surface area (Å²) in [6.45, 7) is 2.59. The summed E-state index contributed by atoms with van der Waals surface area (Å²) in [4.78, 5) is 0. The van der Waals surface area contributed by atoms with E-state index in [4.69, 9.17) is 10.5 Å². The van der Waals surface area contributed by atoms with Crippen molar-refractivity contribution in [2.24, 2.45) is 5.73 Å². The van der Waals surface area contributed by atoms with E-state index in [2.05, 4.69) is 0 Å².